The van der Waals surface area contributed by atoms with Crippen LogP contribution in [0.5, 0.6) is 0 Å². The molecule has 0 spiro atoms. The van der Waals surface area contributed by atoms with Crippen molar-refractivity contribution in [3.63, 3.8) is 0 Å². The smallest absolute Gasteiger partial charge is 0.0736 e. The molecular weight excluding hydrogens is 378 g/mol. The highest BCUT2D eigenvalue weighted by Crippen LogP contribution is 2.35. The third kappa shape index (κ3) is 4.60. The van der Waals surface area contributed by atoms with Gasteiger partial charge in [-0.3, -0.25) is 5.43 Å². The molecule has 0 radical (unpaired) electrons. The van der Waals surface area contributed by atoms with E-state index in [1.807, 2.05) is 24.4 Å². The summed E-state index contributed by atoms with van der Waals surface area (Å²) in [4.78, 5) is 13.6. The van der Waals surface area contributed by atoms with E-state index in [0.29, 0.717) is 18.9 Å². The molecule has 6 heteroatoms. The van der Waals surface area contributed by atoms with E-state index >= 15 is 0 Å². The summed E-state index contributed by atoms with van der Waals surface area (Å²) in [6.45, 7) is 3.12. The Balaban J connectivity index is 1.61. The molecule has 0 atom stereocenters. The van der Waals surface area contributed by atoms with E-state index in [4.69, 9.17) is 4.74 Å². The number of hydrogen-bond acceptors (Lipinski definition) is 6. The number of benzene rings is 2. The van der Waals surface area contributed by atoms with Gasteiger partial charge in [0.1, 0.15) is 0 Å². The maximum Gasteiger partial charge on any atom is 0.0736 e. The number of aromatic carboxylic acids is 1. The highest BCUT2D eigenvalue weighted by Gasteiger charge is 2.25. The third-order valence-electron chi connectivity index (χ3n) is 5.29. The number of ether oxygens (including phenoxy) is 1. The van der Waals surface area contributed by atoms with E-state index in [2.05, 4.69) is 33.6 Å². The predicted molar refractivity (Wildman–Crippen MR) is 116 cm³/mol. The Labute approximate surface area is 176 Å². The number of anilines is 1. The van der Waals surface area contributed by atoms with E-state index in [1.165, 1.54) is 22.9 Å². The van der Waals surface area contributed by atoms with Gasteiger partial charge in [0.25, 0.3) is 0 Å². The number of carbonyl (C=O) groups excluding carboxylic acids is 1. The summed E-state index contributed by atoms with van der Waals surface area (Å²) in [5, 5.41) is 15.6. The van der Waals surface area contributed by atoms with Gasteiger partial charge in [0.05, 0.1) is 31.1 Å². The number of carboxylic acids is 1. The largest absolute Gasteiger partial charge is 0.545 e. The minimum absolute atomic E-state index is 0.0908. The number of allylic oxidation sites excluding steroid dienone is 2. The van der Waals surface area contributed by atoms with Crippen LogP contribution in [0.3, 0.4) is 0 Å². The number of carbonyl (C=O) groups is 1. The summed E-state index contributed by atoms with van der Waals surface area (Å²) in [5.74, 6) is -1.23. The van der Waals surface area contributed by atoms with Gasteiger partial charge in [0.15, 0.2) is 0 Å². The van der Waals surface area contributed by atoms with Crippen molar-refractivity contribution in [1.29, 1.82) is 0 Å². The summed E-state index contributed by atoms with van der Waals surface area (Å²) in [5.41, 5.74) is 8.18. The summed E-state index contributed by atoms with van der Waals surface area (Å²) >= 11 is 0. The number of hydrogen-bond donors (Lipinski definition) is 1. The van der Waals surface area contributed by atoms with Crippen LogP contribution in [0.15, 0.2) is 76.5 Å². The number of nitrogens with one attached hydrogen (secondary N) is 1. The molecule has 1 fully saturated rings. The van der Waals surface area contributed by atoms with Gasteiger partial charge in [-0.15, -0.1) is 0 Å². The second kappa shape index (κ2) is 9.41. The minimum atomic E-state index is -1.23. The molecule has 0 amide bonds. The number of rotatable bonds is 6. The molecule has 1 aliphatic heterocycles. The lowest BCUT2D eigenvalue weighted by Gasteiger charge is -2.31. The van der Waals surface area contributed by atoms with Gasteiger partial charge >= 0.3 is 0 Å². The monoisotopic (exact) mass is 402 g/mol. The van der Waals surface area contributed by atoms with Gasteiger partial charge in [-0.05, 0) is 41.7 Å². The van der Waals surface area contributed by atoms with Crippen LogP contribution in [-0.4, -0.2) is 43.4 Å². The fourth-order valence-corrected chi connectivity index (χ4v) is 3.86. The molecule has 1 N–H and O–H groups in total. The number of carboxylic acid groups (broad SMARTS) is 1. The highest BCUT2D eigenvalue weighted by atomic mass is 16.5. The first-order valence-corrected chi connectivity index (χ1v) is 10.1. The summed E-state index contributed by atoms with van der Waals surface area (Å²) in [6.07, 6.45) is 5.88. The maximum absolute atomic E-state index is 11.3. The first kappa shape index (κ1) is 19.9. The Bertz CT molecular complexity index is 990. The first-order valence-electron chi connectivity index (χ1n) is 10.1. The van der Waals surface area contributed by atoms with Crippen LogP contribution in [0, 0.1) is 0 Å². The summed E-state index contributed by atoms with van der Waals surface area (Å²) < 4.78 is 5.53. The lowest BCUT2D eigenvalue weighted by atomic mass is 10.1. The molecule has 1 heterocycles. The molecule has 1 aliphatic carbocycles. The van der Waals surface area contributed by atoms with E-state index in [9.17, 15) is 9.90 Å². The molecule has 1 saturated heterocycles. The third-order valence-corrected chi connectivity index (χ3v) is 5.29. The van der Waals surface area contributed by atoms with Gasteiger partial charge < -0.3 is 19.5 Å². The van der Waals surface area contributed by atoms with Crippen LogP contribution in [0.4, 0.5) is 5.69 Å². The van der Waals surface area contributed by atoms with Crippen LogP contribution >= 0.6 is 0 Å². The highest BCUT2D eigenvalue weighted by molar-refractivity contribution is 5.93. The standard InChI is InChI=1S/C24H25N3O3/c28-24(29)21-8-4-5-9-22(21)26-25-17-20-11-10-19(16-18-6-2-1-3-7-18)23(20)27-12-14-30-15-13-27/h1-9,16-17,26H,10-15H2,(H,28,29)/p-1/b19-16?,25-17-. The molecule has 0 unspecified atom stereocenters. The number of morpholine rings is 1. The molecule has 6 nitrogen and oxygen atoms in total. The van der Waals surface area contributed by atoms with Crippen molar-refractivity contribution in [3.8, 4) is 0 Å². The van der Waals surface area contributed by atoms with Gasteiger partial charge in [-0.25, -0.2) is 0 Å². The van der Waals surface area contributed by atoms with Crippen molar-refractivity contribution in [2.45, 2.75) is 12.8 Å². The number of hydrazone groups is 1. The molecule has 30 heavy (non-hydrogen) atoms. The molecule has 0 aromatic heterocycles. The van der Waals surface area contributed by atoms with Crippen LogP contribution in [0.25, 0.3) is 6.08 Å². The number of nitrogens with zero attached hydrogens (tertiary/aromatic N) is 2. The fraction of sp³-hybridized carbons (Fsp3) is 0.250. The van der Waals surface area contributed by atoms with Crippen LogP contribution in [0.1, 0.15) is 28.8 Å². The molecule has 154 valence electrons. The van der Waals surface area contributed by atoms with E-state index in [0.717, 1.165) is 31.5 Å². The Hall–Kier alpha value is -3.38. The van der Waals surface area contributed by atoms with Crippen LogP contribution in [-0.2, 0) is 4.74 Å². The van der Waals surface area contributed by atoms with Crippen LogP contribution in [0.2, 0.25) is 0 Å². The van der Waals surface area contributed by atoms with E-state index < -0.39 is 5.97 Å². The Kier molecular flexibility index (Phi) is 6.25. The normalized spacial score (nSPS) is 18.4. The number of para-hydroxylation sites is 1. The van der Waals surface area contributed by atoms with Crippen molar-refractivity contribution in [3.05, 3.63) is 82.6 Å². The predicted octanol–water partition coefficient (Wildman–Crippen LogP) is 2.91. The molecule has 2 aliphatic rings. The Morgan fingerprint density at radius 2 is 1.77 bits per heavy atom. The summed E-state index contributed by atoms with van der Waals surface area (Å²) in [7, 11) is 0. The van der Waals surface area contributed by atoms with Crippen LogP contribution < -0.4 is 10.5 Å². The molecule has 2 aromatic carbocycles. The minimum Gasteiger partial charge on any atom is -0.545 e. The lowest BCUT2D eigenvalue weighted by Crippen LogP contribution is -2.36. The van der Waals surface area contributed by atoms with Crippen molar-refractivity contribution in [1.82, 2.24) is 4.90 Å². The zero-order valence-corrected chi connectivity index (χ0v) is 16.7. The van der Waals surface area contributed by atoms with Gasteiger partial charge in [0, 0.05) is 24.4 Å². The Morgan fingerprint density at radius 3 is 2.53 bits per heavy atom. The Morgan fingerprint density at radius 1 is 1.03 bits per heavy atom. The molecular formula is C24H24N3O3-. The molecule has 2 aromatic rings. The van der Waals surface area contributed by atoms with E-state index in [-0.39, 0.29) is 5.56 Å². The van der Waals surface area contributed by atoms with Crippen molar-refractivity contribution in [2.75, 3.05) is 31.7 Å². The first-order chi connectivity index (χ1) is 14.7. The quantitative estimate of drug-likeness (QED) is 0.594. The zero-order chi connectivity index (χ0) is 20.8. The second-order valence-corrected chi connectivity index (χ2v) is 7.26. The zero-order valence-electron chi connectivity index (χ0n) is 16.7. The molecule has 4 rings (SSSR count). The summed E-state index contributed by atoms with van der Waals surface area (Å²) in [6, 6.07) is 16.9. The van der Waals surface area contributed by atoms with Crippen molar-refractivity contribution < 1.29 is 14.6 Å². The second-order valence-electron chi connectivity index (χ2n) is 7.26. The molecule has 0 saturated carbocycles. The fourth-order valence-electron chi connectivity index (χ4n) is 3.86. The van der Waals surface area contributed by atoms with Gasteiger partial charge in [0.2, 0.25) is 0 Å². The lowest BCUT2D eigenvalue weighted by molar-refractivity contribution is -0.254. The average molecular weight is 402 g/mol. The topological polar surface area (TPSA) is 77.0 Å². The van der Waals surface area contributed by atoms with Crippen molar-refractivity contribution >= 4 is 23.9 Å². The van der Waals surface area contributed by atoms with E-state index in [1.54, 1.807) is 18.2 Å². The van der Waals surface area contributed by atoms with Gasteiger partial charge in [-0.2, -0.15) is 5.10 Å². The SMILES string of the molecule is O=C([O-])c1ccccc1N/N=C\C1=C(N2CCOCC2)C(=Cc2ccccc2)CC1. The maximum atomic E-state index is 11.3. The molecule has 0 bridgehead atoms. The van der Waals surface area contributed by atoms with Gasteiger partial charge in [-0.1, -0.05) is 48.5 Å². The van der Waals surface area contributed by atoms with Crippen molar-refractivity contribution in [2.24, 2.45) is 5.10 Å². The average Bonchev–Trinajstić information content (AvgIpc) is 3.17.